The van der Waals surface area contributed by atoms with E-state index in [0.29, 0.717) is 35.2 Å². The van der Waals surface area contributed by atoms with Crippen LogP contribution < -0.4 is 11.1 Å². The van der Waals surface area contributed by atoms with Crippen molar-refractivity contribution in [2.45, 2.75) is 95.6 Å². The molecule has 0 aliphatic carbocycles. The van der Waals surface area contributed by atoms with E-state index >= 15 is 13.2 Å². The third-order valence-corrected chi connectivity index (χ3v) is 14.2. The molecule has 9 aromatic rings. The first kappa shape index (κ1) is 56.8. The zero-order valence-corrected chi connectivity index (χ0v) is 43.7. The fraction of sp³-hybridized carbons (Fsp3) is 0.283. The summed E-state index contributed by atoms with van der Waals surface area (Å²) in [7, 11) is 0. The molecule has 0 fully saturated rings. The van der Waals surface area contributed by atoms with Crippen molar-refractivity contribution in [1.82, 2.24) is 35.3 Å². The molecule has 2 unspecified atom stereocenters. The van der Waals surface area contributed by atoms with Gasteiger partial charge >= 0.3 is 18.4 Å². The lowest BCUT2D eigenvalue weighted by Crippen LogP contribution is -2.41. The van der Waals surface area contributed by atoms with E-state index in [0.717, 1.165) is 34.2 Å². The summed E-state index contributed by atoms with van der Waals surface area (Å²) in [6.07, 6.45) is -5.38. The Labute approximate surface area is 442 Å². The van der Waals surface area contributed by atoms with E-state index in [1.165, 1.54) is 17.1 Å². The summed E-state index contributed by atoms with van der Waals surface area (Å²) in [4.78, 5) is 21.1. The monoisotopic (exact) mass is 1060 g/mol. The first-order valence-corrected chi connectivity index (χ1v) is 25.0. The zero-order chi connectivity index (χ0) is 54.7. The highest BCUT2D eigenvalue weighted by Crippen LogP contribution is 2.47. The van der Waals surface area contributed by atoms with Gasteiger partial charge in [-0.1, -0.05) is 167 Å². The number of amides is 1. The number of benzene rings is 5. The van der Waals surface area contributed by atoms with Crippen molar-refractivity contribution < 1.29 is 40.6 Å². The number of carbonyl (C=O) groups is 1. The van der Waals surface area contributed by atoms with Crippen LogP contribution in [0.1, 0.15) is 101 Å². The van der Waals surface area contributed by atoms with Crippen molar-refractivity contribution in [2.24, 2.45) is 5.73 Å². The number of fused-ring (bicyclic) bond motifs is 2. The number of halogens is 7. The lowest BCUT2D eigenvalue weighted by Gasteiger charge is -2.36. The largest absolute Gasteiger partial charge is 0.444 e. The van der Waals surface area contributed by atoms with Crippen LogP contribution in [-0.2, 0) is 33.5 Å². The number of aromatic nitrogens is 6. The Kier molecular flexibility index (Phi) is 16.5. The molecule has 1 amide bonds. The smallest absolute Gasteiger partial charge is 0.435 e. The number of H-pyrrole nitrogens is 1. The molecule has 4 heterocycles. The minimum absolute atomic E-state index is 0. The van der Waals surface area contributed by atoms with E-state index in [1.54, 1.807) is 45.0 Å². The maximum absolute atomic E-state index is 15.3. The van der Waals surface area contributed by atoms with Crippen LogP contribution in [-0.4, -0.2) is 54.7 Å². The van der Waals surface area contributed by atoms with Crippen molar-refractivity contribution in [2.75, 3.05) is 13.1 Å². The number of pyridine rings is 2. The normalized spacial score (nSPS) is 13.7. The molecule has 10 nitrogen and oxygen atoms in total. The molecule has 0 aliphatic rings. The number of ether oxygens (including phenoxy) is 1. The second-order valence-electron chi connectivity index (χ2n) is 20.3. The molecule has 0 saturated carbocycles. The van der Waals surface area contributed by atoms with Crippen molar-refractivity contribution in [1.29, 1.82) is 0 Å². The predicted molar refractivity (Wildman–Crippen MR) is 288 cm³/mol. The molecule has 2 atom stereocenters. The number of nitrogens with two attached hydrogens (primary N) is 1. The first-order valence-electron chi connectivity index (χ1n) is 25.0. The lowest BCUT2D eigenvalue weighted by atomic mass is 9.77. The number of nitrogens with one attached hydrogen (secondary N) is 2. The van der Waals surface area contributed by atoms with E-state index in [9.17, 15) is 18.0 Å². The highest BCUT2D eigenvalue weighted by molar-refractivity contribution is 5.96. The number of hydrogen-bond donors (Lipinski definition) is 3. The van der Waals surface area contributed by atoms with Crippen LogP contribution in [0.25, 0.3) is 44.3 Å². The van der Waals surface area contributed by atoms with Crippen LogP contribution in [0.2, 0.25) is 0 Å². The molecule has 0 aliphatic heterocycles. The Hall–Kier alpha value is -7.92. The molecule has 5 aromatic carbocycles. The van der Waals surface area contributed by atoms with E-state index < -0.39 is 46.4 Å². The van der Waals surface area contributed by atoms with Gasteiger partial charge in [-0.15, -0.1) is 0 Å². The number of alkyl carbamates (subject to hydrolysis) is 1. The third kappa shape index (κ3) is 11.5. The number of alkyl halides is 6. The molecule has 9 rings (SSSR count). The summed E-state index contributed by atoms with van der Waals surface area (Å²) in [5.74, 6) is 0. The maximum atomic E-state index is 15.3. The van der Waals surface area contributed by atoms with Crippen molar-refractivity contribution >= 4 is 28.2 Å². The Morgan fingerprint density at radius 2 is 1.08 bits per heavy atom. The van der Waals surface area contributed by atoms with E-state index in [2.05, 4.69) is 30.6 Å². The summed E-state index contributed by atoms with van der Waals surface area (Å²) in [6, 6.07) is 46.5. The fourth-order valence-corrected chi connectivity index (χ4v) is 9.62. The second kappa shape index (κ2) is 22.3. The summed E-state index contributed by atoms with van der Waals surface area (Å²) in [5, 5.41) is 13.0. The number of carbonyl (C=O) groups excluding carboxylic acids is 1. The van der Waals surface area contributed by atoms with Crippen molar-refractivity contribution in [3.63, 3.8) is 0 Å². The Bertz CT molecular complexity index is 3350. The average molecular weight is 1060 g/mol. The zero-order valence-electron chi connectivity index (χ0n) is 43.7. The first-order chi connectivity index (χ1) is 36.1. The van der Waals surface area contributed by atoms with E-state index in [4.69, 9.17) is 10.5 Å². The van der Waals surface area contributed by atoms with Gasteiger partial charge in [0.25, 0.3) is 0 Å². The Morgan fingerprint density at radius 1 is 0.610 bits per heavy atom. The summed E-state index contributed by atoms with van der Waals surface area (Å²) in [6.45, 7) is 14.2. The van der Waals surface area contributed by atoms with Gasteiger partial charge in [-0.05, 0) is 95.8 Å². The summed E-state index contributed by atoms with van der Waals surface area (Å²) in [5.41, 5.74) is 7.51. The number of rotatable bonds is 13. The van der Waals surface area contributed by atoms with Gasteiger partial charge in [-0.25, -0.2) is 19.4 Å². The van der Waals surface area contributed by atoms with E-state index in [1.807, 2.05) is 155 Å². The molecule has 0 saturated heterocycles. The van der Waals surface area contributed by atoms with Crippen LogP contribution >= 0.6 is 0 Å². The van der Waals surface area contributed by atoms with Gasteiger partial charge in [0.15, 0.2) is 17.0 Å². The maximum Gasteiger partial charge on any atom is 0.435 e. The fourth-order valence-electron chi connectivity index (χ4n) is 9.62. The van der Waals surface area contributed by atoms with Crippen LogP contribution in [0.3, 0.4) is 0 Å². The van der Waals surface area contributed by atoms with Gasteiger partial charge in [0.05, 0.1) is 10.8 Å². The quantitative estimate of drug-likeness (QED) is 0.0772. The Balaban J connectivity index is 0.000000277. The van der Waals surface area contributed by atoms with Gasteiger partial charge in [0.1, 0.15) is 16.8 Å². The predicted octanol–water partition coefficient (Wildman–Crippen LogP) is 14.6. The van der Waals surface area contributed by atoms with Crippen LogP contribution in [0.4, 0.5) is 35.8 Å². The molecule has 0 radical (unpaired) electrons. The molecule has 402 valence electrons. The standard InChI is InChI=1S/C42H41F3N4O2.C18H19F3N4.FH/c1-6-40(5,28-47-38(50)51-39(2,3)4)33-24-16-17-29(27-33)34-25-26-46-37-35(34)36(42(43,44)45)48-49(37)41(30-18-10-7-11-19-30,31-20-12-8-13-21-31)32-22-14-9-15-23-32;1-3-17(2,10-22)12-6-4-5-11(9-12)13-7-8-23-16-14(13)15(24-25-16)18(19,20)21;/h7-27H,6,28H2,1-5H3,(H,47,50);4-9H,3,10,22H2,1-2H3,(H,23,24,25);1H. The number of aromatic amines is 1. The average Bonchev–Trinajstić information content (AvgIpc) is 4.05. The molecule has 17 heteroatoms. The third-order valence-electron chi connectivity index (χ3n) is 14.2. The SMILES string of the molecule is CCC(C)(CN)c1cccc(-c2ccnc3n[nH]c(C(F)(F)F)c23)c1.CCC(C)(CNC(=O)OC(C)(C)C)c1cccc(-c2ccnc3c2c(C(F)(F)F)nn3C(c2ccccc2)(c2ccccc2)c2ccccc2)c1.F. The summed E-state index contributed by atoms with van der Waals surface area (Å²) >= 11 is 0. The van der Waals surface area contributed by atoms with Gasteiger partial charge in [-0.3, -0.25) is 9.80 Å². The van der Waals surface area contributed by atoms with Crippen LogP contribution in [0.15, 0.2) is 164 Å². The van der Waals surface area contributed by atoms with Gasteiger partial charge in [0.2, 0.25) is 0 Å². The second-order valence-corrected chi connectivity index (χ2v) is 20.3. The van der Waals surface area contributed by atoms with Gasteiger partial charge in [-0.2, -0.15) is 36.5 Å². The molecule has 77 heavy (non-hydrogen) atoms. The van der Waals surface area contributed by atoms with Crippen molar-refractivity contribution in [3.05, 3.63) is 203 Å². The van der Waals surface area contributed by atoms with Crippen molar-refractivity contribution in [3.8, 4) is 22.3 Å². The molecule has 4 aromatic heterocycles. The number of nitrogens with zero attached hydrogens (tertiary/aromatic N) is 5. The van der Waals surface area contributed by atoms with Gasteiger partial charge < -0.3 is 15.8 Å². The Morgan fingerprint density at radius 3 is 1.53 bits per heavy atom. The topological polar surface area (TPSA) is 137 Å². The van der Waals surface area contributed by atoms with Crippen LogP contribution in [0, 0.1) is 0 Å². The minimum Gasteiger partial charge on any atom is -0.444 e. The molecule has 4 N–H and O–H groups in total. The van der Waals surface area contributed by atoms with Crippen LogP contribution in [0.5, 0.6) is 0 Å². The molecular formula is C60H61F7N8O2. The number of hydrogen-bond acceptors (Lipinski definition) is 7. The summed E-state index contributed by atoms with van der Waals surface area (Å²) < 4.78 is 92.7. The highest BCUT2D eigenvalue weighted by Gasteiger charge is 2.46. The molecule has 0 spiro atoms. The highest BCUT2D eigenvalue weighted by atomic mass is 19.4. The van der Waals surface area contributed by atoms with E-state index in [-0.39, 0.29) is 38.7 Å². The minimum atomic E-state index is -4.80. The molecular weight excluding hydrogens is 998 g/mol. The molecule has 0 bridgehead atoms. The lowest BCUT2D eigenvalue weighted by molar-refractivity contribution is -0.141. The van der Waals surface area contributed by atoms with Gasteiger partial charge in [0, 0.05) is 36.3 Å².